The minimum Gasteiger partial charge on any atom is -0.462 e. The van der Waals surface area contributed by atoms with Gasteiger partial charge in [-0.3, -0.25) is 37.3 Å². The van der Waals surface area contributed by atoms with Crippen molar-refractivity contribution in [2.24, 2.45) is 11.8 Å². The Hall–Kier alpha value is -1.94. The molecule has 6 atom stereocenters. The molecule has 0 bridgehead atoms. The highest BCUT2D eigenvalue weighted by atomic mass is 31.2. The molecular weight excluding hydrogens is 1320 g/mol. The van der Waals surface area contributed by atoms with Gasteiger partial charge in [-0.15, -0.1) is 0 Å². The van der Waals surface area contributed by atoms with E-state index < -0.39 is 97.5 Å². The molecule has 0 aromatic heterocycles. The maximum atomic E-state index is 13.1. The first-order valence-corrected chi connectivity index (χ1v) is 45.5. The van der Waals surface area contributed by atoms with Crippen molar-refractivity contribution in [3.05, 3.63) is 0 Å². The SMILES string of the molecule is CCCCCCCCCCCCCCCCCCCCCCCCC(=O)OC[C@H](COP(=O)(O)OC[C@@H](O)COP(=O)(O)OC[C@@H](COC(=O)CCCCCCC)OC(=O)CCCCCCCCCCCC(C)C)OC(=O)CCCCCCCCCCCCCCCCCCCCC(C)CC. The quantitative estimate of drug-likeness (QED) is 0.0222. The van der Waals surface area contributed by atoms with E-state index in [1.807, 2.05) is 0 Å². The lowest BCUT2D eigenvalue weighted by molar-refractivity contribution is -0.161. The molecule has 0 saturated carbocycles. The van der Waals surface area contributed by atoms with Crippen molar-refractivity contribution in [2.75, 3.05) is 39.6 Å². The molecule has 19 heteroatoms. The van der Waals surface area contributed by atoms with Gasteiger partial charge in [-0.2, -0.15) is 0 Å². The third kappa shape index (κ3) is 74.7. The number of phosphoric acid groups is 2. The molecule has 0 aromatic rings. The Labute approximate surface area is 619 Å². The summed E-state index contributed by atoms with van der Waals surface area (Å²) < 4.78 is 68.4. The largest absolute Gasteiger partial charge is 0.472 e. The van der Waals surface area contributed by atoms with Crippen LogP contribution in [0.4, 0.5) is 0 Å². The van der Waals surface area contributed by atoms with Crippen molar-refractivity contribution in [1.82, 2.24) is 0 Å². The van der Waals surface area contributed by atoms with Crippen molar-refractivity contribution in [3.8, 4) is 0 Å². The number of hydrogen-bond donors (Lipinski definition) is 3. The summed E-state index contributed by atoms with van der Waals surface area (Å²) in [5, 5.41) is 10.6. The van der Waals surface area contributed by atoms with E-state index in [-0.39, 0.29) is 25.7 Å². The zero-order chi connectivity index (χ0) is 74.2. The topological polar surface area (TPSA) is 237 Å². The summed E-state index contributed by atoms with van der Waals surface area (Å²) >= 11 is 0. The smallest absolute Gasteiger partial charge is 0.462 e. The Morgan fingerprint density at radius 2 is 0.505 bits per heavy atom. The third-order valence-corrected chi connectivity index (χ3v) is 21.5. The van der Waals surface area contributed by atoms with Crippen LogP contribution < -0.4 is 0 Å². The molecule has 600 valence electrons. The fraction of sp³-hybridized carbons (Fsp3) is 0.951. The summed E-state index contributed by atoms with van der Waals surface area (Å²) in [5.41, 5.74) is 0. The Bertz CT molecular complexity index is 1940. The van der Waals surface area contributed by atoms with Crippen LogP contribution in [-0.4, -0.2) is 96.7 Å². The van der Waals surface area contributed by atoms with E-state index in [1.54, 1.807) is 0 Å². The third-order valence-electron chi connectivity index (χ3n) is 19.6. The molecule has 0 aromatic carbocycles. The number of phosphoric ester groups is 2. The van der Waals surface area contributed by atoms with Crippen molar-refractivity contribution in [2.45, 2.75) is 452 Å². The molecule has 0 aliphatic heterocycles. The normalized spacial score (nSPS) is 14.2. The molecule has 17 nitrogen and oxygen atoms in total. The lowest BCUT2D eigenvalue weighted by Crippen LogP contribution is -2.30. The summed E-state index contributed by atoms with van der Waals surface area (Å²) in [4.78, 5) is 72.7. The highest BCUT2D eigenvalue weighted by Crippen LogP contribution is 2.45. The van der Waals surface area contributed by atoms with E-state index in [1.165, 1.54) is 244 Å². The second kappa shape index (κ2) is 73.6. The van der Waals surface area contributed by atoms with Gasteiger partial charge in [-0.05, 0) is 37.5 Å². The minimum atomic E-state index is -4.96. The van der Waals surface area contributed by atoms with Gasteiger partial charge in [0.2, 0.25) is 0 Å². The summed E-state index contributed by atoms with van der Waals surface area (Å²) in [6, 6.07) is 0. The maximum absolute atomic E-state index is 13.1. The fourth-order valence-electron chi connectivity index (χ4n) is 12.7. The molecule has 0 heterocycles. The predicted octanol–water partition coefficient (Wildman–Crippen LogP) is 24.7. The Kier molecular flexibility index (Phi) is 72.2. The molecule has 0 rings (SSSR count). The van der Waals surface area contributed by atoms with Gasteiger partial charge in [0.05, 0.1) is 26.4 Å². The molecule has 3 unspecified atom stereocenters. The van der Waals surface area contributed by atoms with Crippen LogP contribution >= 0.6 is 15.6 Å². The van der Waals surface area contributed by atoms with Gasteiger partial charge in [0, 0.05) is 25.7 Å². The van der Waals surface area contributed by atoms with Gasteiger partial charge in [0.1, 0.15) is 19.3 Å². The second-order valence-corrected chi connectivity index (χ2v) is 33.1. The number of aliphatic hydroxyl groups excluding tert-OH is 1. The van der Waals surface area contributed by atoms with Crippen LogP contribution in [0, 0.1) is 11.8 Å². The molecule has 0 radical (unpaired) electrons. The van der Waals surface area contributed by atoms with Gasteiger partial charge in [0.15, 0.2) is 12.2 Å². The van der Waals surface area contributed by atoms with Crippen molar-refractivity contribution >= 4 is 39.5 Å². The number of aliphatic hydroxyl groups is 1. The number of rotatable bonds is 81. The molecule has 0 aliphatic rings. The fourth-order valence-corrected chi connectivity index (χ4v) is 14.3. The van der Waals surface area contributed by atoms with E-state index in [0.717, 1.165) is 108 Å². The predicted molar refractivity (Wildman–Crippen MR) is 414 cm³/mol. The lowest BCUT2D eigenvalue weighted by atomic mass is 9.99. The average Bonchev–Trinajstić information content (AvgIpc) is 0.932. The minimum absolute atomic E-state index is 0.105. The van der Waals surface area contributed by atoms with Crippen LogP contribution in [0.25, 0.3) is 0 Å². The van der Waals surface area contributed by atoms with Crippen LogP contribution in [0.5, 0.6) is 0 Å². The van der Waals surface area contributed by atoms with Gasteiger partial charge < -0.3 is 33.8 Å². The van der Waals surface area contributed by atoms with E-state index >= 15 is 0 Å². The van der Waals surface area contributed by atoms with Crippen molar-refractivity contribution in [1.29, 1.82) is 0 Å². The molecule has 0 amide bonds. The Morgan fingerprint density at radius 3 is 0.752 bits per heavy atom. The van der Waals surface area contributed by atoms with Crippen molar-refractivity contribution < 1.29 is 80.2 Å². The molecular formula is C82H160O17P2. The highest BCUT2D eigenvalue weighted by Gasteiger charge is 2.30. The van der Waals surface area contributed by atoms with E-state index in [4.69, 9.17) is 37.0 Å². The number of esters is 4. The van der Waals surface area contributed by atoms with Crippen LogP contribution in [0.3, 0.4) is 0 Å². The monoisotopic (exact) mass is 1480 g/mol. The standard InChI is InChI=1S/C82H160O17P2/c1-7-10-12-14-15-16-17-18-19-20-21-22-23-24-28-31-34-37-42-47-53-59-65-80(85)93-71-78(99-81(86)66-60-54-48-43-38-35-32-29-26-25-27-30-33-36-41-46-52-57-63-75(6)9-3)73-97-101(90,91)95-69-76(83)68-94-100(88,89)96-72-77(70-92-79(84)64-58-50-13-11-8-2)98-82(87)67-61-55-49-44-39-40-45-51-56-62-74(4)5/h74-78,83H,7-73H2,1-6H3,(H,88,89)(H,90,91)/t75?,76-,77+,78+/m0/s1. The zero-order valence-electron chi connectivity index (χ0n) is 66.2. The average molecular weight is 1480 g/mol. The van der Waals surface area contributed by atoms with Gasteiger partial charge in [-0.25, -0.2) is 9.13 Å². The van der Waals surface area contributed by atoms with Gasteiger partial charge in [0.25, 0.3) is 0 Å². The van der Waals surface area contributed by atoms with Crippen molar-refractivity contribution in [3.63, 3.8) is 0 Å². The Morgan fingerprint density at radius 1 is 0.287 bits per heavy atom. The van der Waals surface area contributed by atoms with Crippen LogP contribution in [0.15, 0.2) is 0 Å². The number of hydrogen-bond acceptors (Lipinski definition) is 15. The van der Waals surface area contributed by atoms with E-state index in [9.17, 15) is 43.2 Å². The van der Waals surface area contributed by atoms with Crippen LogP contribution in [0.2, 0.25) is 0 Å². The number of ether oxygens (including phenoxy) is 4. The Balaban J connectivity index is 5.09. The molecule has 0 aliphatic carbocycles. The zero-order valence-corrected chi connectivity index (χ0v) is 68.0. The van der Waals surface area contributed by atoms with Gasteiger partial charge >= 0.3 is 39.5 Å². The second-order valence-electron chi connectivity index (χ2n) is 30.2. The molecule has 3 N–H and O–H groups in total. The summed E-state index contributed by atoms with van der Waals surface area (Å²) in [5.74, 6) is -0.515. The molecule has 0 spiro atoms. The molecule has 0 fully saturated rings. The summed E-state index contributed by atoms with van der Waals surface area (Å²) in [6.45, 7) is 9.58. The first kappa shape index (κ1) is 99.1. The highest BCUT2D eigenvalue weighted by molar-refractivity contribution is 7.47. The first-order valence-electron chi connectivity index (χ1n) is 42.5. The van der Waals surface area contributed by atoms with Crippen LogP contribution in [0.1, 0.15) is 433 Å². The number of carbonyl (C=O) groups is 4. The van der Waals surface area contributed by atoms with Crippen LogP contribution in [-0.2, 0) is 65.4 Å². The first-order chi connectivity index (χ1) is 48.9. The van der Waals surface area contributed by atoms with E-state index in [2.05, 4.69) is 41.5 Å². The maximum Gasteiger partial charge on any atom is 0.472 e. The molecule has 101 heavy (non-hydrogen) atoms. The molecule has 0 saturated heterocycles. The van der Waals surface area contributed by atoms with Gasteiger partial charge in [-0.1, -0.05) is 382 Å². The number of unbranched alkanes of at least 4 members (excludes halogenated alkanes) is 50. The lowest BCUT2D eigenvalue weighted by Gasteiger charge is -2.21. The summed E-state index contributed by atoms with van der Waals surface area (Å²) in [6.07, 6.45) is 64.6. The number of carbonyl (C=O) groups excluding carboxylic acids is 4. The van der Waals surface area contributed by atoms with E-state index in [0.29, 0.717) is 25.7 Å². The summed E-state index contributed by atoms with van der Waals surface area (Å²) in [7, 11) is -9.91.